The Bertz CT molecular complexity index is 5150. The second kappa shape index (κ2) is 20.1. The van der Waals surface area contributed by atoms with Gasteiger partial charge in [0.2, 0.25) is 5.91 Å². The monoisotopic (exact) mass is 1130 g/mol. The molecule has 0 unspecified atom stereocenters. The van der Waals surface area contributed by atoms with E-state index < -0.39 is 40.5 Å². The van der Waals surface area contributed by atoms with Crippen molar-refractivity contribution in [3.63, 3.8) is 0 Å². The lowest BCUT2D eigenvalue weighted by atomic mass is 9.94. The first-order chi connectivity index (χ1) is 41.0. The number of rotatable bonds is 8. The highest BCUT2D eigenvalue weighted by Gasteiger charge is 2.36. The highest BCUT2D eigenvalue weighted by Crippen LogP contribution is 2.43. The van der Waals surface area contributed by atoms with Crippen molar-refractivity contribution < 1.29 is 31.1 Å². The summed E-state index contributed by atoms with van der Waals surface area (Å²) in [5.74, 6) is -0.731. The summed E-state index contributed by atoms with van der Waals surface area (Å²) < 4.78 is 93.1. The predicted octanol–water partition coefficient (Wildman–Crippen LogP) is 14.7. The standard InChI is InChI=1S/C68H42F6N8O3/c69-67(70,71)56-31-49(14-15-50(56)37-5-7-39(8-6-37)66(75)85)82-63(84)32-52(55-36-80-61-19-10-41(29-54(61)65(55)82)46-26-43-3-1-2-4-58(43)77-34-46)42-11-17-59-45(25-42)27-47(35-78-59)40-9-18-60-53(28-40)64-44(33-79-60)12-20-62(83)81(64)48-13-16-51(38-21-23-76-24-22-38)57(30-48)68(72,73)74/h1-21,25-36,76H,22-24H2,(H2,75,85). The Hall–Kier alpha value is -10.7. The van der Waals surface area contributed by atoms with Gasteiger partial charge in [0, 0.05) is 104 Å². The normalized spacial score (nSPS) is 13.1. The first-order valence-corrected chi connectivity index (χ1v) is 26.9. The molecule has 0 aliphatic carbocycles. The van der Waals surface area contributed by atoms with Gasteiger partial charge in [-0.1, -0.05) is 66.7 Å². The molecule has 1 aliphatic rings. The van der Waals surface area contributed by atoms with E-state index in [0.717, 1.165) is 34.2 Å². The number of hydrogen-bond acceptors (Lipinski definition) is 8. The first kappa shape index (κ1) is 52.4. The lowest BCUT2D eigenvalue weighted by Gasteiger charge is -2.21. The number of halogens is 6. The van der Waals surface area contributed by atoms with Crippen molar-refractivity contribution >= 4 is 76.9 Å². The average Bonchev–Trinajstić information content (AvgIpc) is 1.32. The van der Waals surface area contributed by atoms with Crippen molar-refractivity contribution in [2.45, 2.75) is 18.8 Å². The number of primary amides is 1. The van der Waals surface area contributed by atoms with Crippen molar-refractivity contribution in [3.05, 3.63) is 244 Å². The second-order valence-corrected chi connectivity index (χ2v) is 20.9. The molecule has 0 bridgehead atoms. The zero-order valence-electron chi connectivity index (χ0n) is 44.4. The molecule has 0 saturated heterocycles. The lowest BCUT2D eigenvalue weighted by molar-refractivity contribution is -0.138. The number of aromatic nitrogens is 6. The fourth-order valence-electron chi connectivity index (χ4n) is 11.7. The molecule has 1 amide bonds. The molecule has 11 nitrogen and oxygen atoms in total. The molecule has 14 rings (SSSR count). The highest BCUT2D eigenvalue weighted by molar-refractivity contribution is 6.11. The van der Waals surface area contributed by atoms with E-state index >= 15 is 18.0 Å². The van der Waals surface area contributed by atoms with Gasteiger partial charge in [-0.05, 0) is 155 Å². The number of nitrogens with one attached hydrogen (secondary N) is 1. The van der Waals surface area contributed by atoms with Gasteiger partial charge >= 0.3 is 12.4 Å². The molecule has 0 spiro atoms. The SMILES string of the molecule is NC(=O)c1ccc(-c2ccc(-n3c(=O)cc(-c4ccc5ncc(-c6ccc7ncc8ccc(=O)n(-c9ccc(C%10=CCNCC%10)c(C(F)(F)F)c9)c8c7c6)cc5c4)c4cnc5ccc(-c6cnc7ccccc7c6)cc5c43)cc2C(F)(F)F)cc1. The summed E-state index contributed by atoms with van der Waals surface area (Å²) >= 11 is 0. The number of alkyl halides is 6. The third-order valence-corrected chi connectivity index (χ3v) is 15.8. The molecule has 7 heterocycles. The molecule has 7 aromatic carbocycles. The van der Waals surface area contributed by atoms with E-state index in [1.165, 1.54) is 69.8 Å². The van der Waals surface area contributed by atoms with Crippen LogP contribution in [0.4, 0.5) is 26.3 Å². The minimum atomic E-state index is -4.88. The van der Waals surface area contributed by atoms with Gasteiger partial charge in [-0.25, -0.2) is 0 Å². The zero-order chi connectivity index (χ0) is 58.5. The molecule has 0 saturated carbocycles. The van der Waals surface area contributed by atoms with Gasteiger partial charge in [0.25, 0.3) is 11.1 Å². The fraction of sp³-hybridized carbons (Fsp3) is 0.0735. The first-order valence-electron chi connectivity index (χ1n) is 26.9. The molecular weight excluding hydrogens is 1090 g/mol. The van der Waals surface area contributed by atoms with Crippen molar-refractivity contribution in [1.82, 2.24) is 34.4 Å². The fourth-order valence-corrected chi connectivity index (χ4v) is 11.7. The molecule has 0 radical (unpaired) electrons. The van der Waals surface area contributed by atoms with Gasteiger partial charge in [0.1, 0.15) is 0 Å². The summed E-state index contributed by atoms with van der Waals surface area (Å²) in [4.78, 5) is 59.9. The van der Waals surface area contributed by atoms with E-state index in [-0.39, 0.29) is 33.6 Å². The van der Waals surface area contributed by atoms with Gasteiger partial charge in [0.15, 0.2) is 0 Å². The molecule has 17 heteroatoms. The van der Waals surface area contributed by atoms with Crippen molar-refractivity contribution in [1.29, 1.82) is 0 Å². The Morgan fingerprint density at radius 1 is 0.459 bits per heavy atom. The molecule has 3 N–H and O–H groups in total. The highest BCUT2D eigenvalue weighted by atomic mass is 19.4. The van der Waals surface area contributed by atoms with Crippen LogP contribution in [0.15, 0.2) is 210 Å². The quantitative estimate of drug-likeness (QED) is 0.113. The van der Waals surface area contributed by atoms with Crippen LogP contribution in [0.1, 0.15) is 33.5 Å². The Kier molecular flexibility index (Phi) is 12.4. The largest absolute Gasteiger partial charge is 0.417 e. The Morgan fingerprint density at radius 3 is 1.69 bits per heavy atom. The van der Waals surface area contributed by atoms with E-state index in [1.54, 1.807) is 55.1 Å². The summed E-state index contributed by atoms with van der Waals surface area (Å²) in [7, 11) is 0. The van der Waals surface area contributed by atoms with Gasteiger partial charge in [-0.2, -0.15) is 26.3 Å². The second-order valence-electron chi connectivity index (χ2n) is 20.9. The molecular formula is C68H42F6N8O3. The summed E-state index contributed by atoms with van der Waals surface area (Å²) in [5.41, 5.74) is 9.94. The number of fused-ring (bicyclic) bond motifs is 8. The smallest absolute Gasteiger partial charge is 0.366 e. The number of benzene rings is 7. The van der Waals surface area contributed by atoms with E-state index in [4.69, 9.17) is 15.7 Å². The molecule has 0 fully saturated rings. The van der Waals surface area contributed by atoms with Crippen LogP contribution < -0.4 is 22.2 Å². The number of para-hydroxylation sites is 1. The Morgan fingerprint density at radius 2 is 1.02 bits per heavy atom. The van der Waals surface area contributed by atoms with Crippen LogP contribution in [0, 0.1) is 0 Å². The zero-order valence-corrected chi connectivity index (χ0v) is 44.4. The van der Waals surface area contributed by atoms with Crippen LogP contribution >= 0.6 is 0 Å². The van der Waals surface area contributed by atoms with Crippen LogP contribution in [0.5, 0.6) is 0 Å². The van der Waals surface area contributed by atoms with Gasteiger partial charge in [-0.15, -0.1) is 0 Å². The molecule has 1 aliphatic heterocycles. The molecule has 6 aromatic heterocycles. The number of nitrogens with two attached hydrogens (primary N) is 1. The van der Waals surface area contributed by atoms with Crippen LogP contribution in [-0.2, 0) is 12.4 Å². The van der Waals surface area contributed by atoms with Crippen LogP contribution in [-0.4, -0.2) is 48.1 Å². The molecule has 414 valence electrons. The average molecular weight is 1130 g/mol. The number of nitrogens with zero attached hydrogens (tertiary/aromatic N) is 6. The van der Waals surface area contributed by atoms with Crippen LogP contribution in [0.3, 0.4) is 0 Å². The number of amides is 1. The van der Waals surface area contributed by atoms with E-state index in [2.05, 4.69) is 15.3 Å². The van der Waals surface area contributed by atoms with Crippen molar-refractivity contribution in [2.75, 3.05) is 13.1 Å². The maximum absolute atomic E-state index is 15.3. The minimum Gasteiger partial charge on any atom is -0.366 e. The number of pyridine rings is 6. The van der Waals surface area contributed by atoms with E-state index in [1.807, 2.05) is 72.8 Å². The summed E-state index contributed by atoms with van der Waals surface area (Å²) in [6.07, 6.45) is -0.816. The lowest BCUT2D eigenvalue weighted by Crippen LogP contribution is -2.22. The van der Waals surface area contributed by atoms with E-state index in [9.17, 15) is 22.8 Å². The molecule has 0 atom stereocenters. The minimum absolute atomic E-state index is 0.0412. The van der Waals surface area contributed by atoms with Gasteiger partial charge in [-0.3, -0.25) is 43.5 Å². The van der Waals surface area contributed by atoms with E-state index in [0.29, 0.717) is 102 Å². The number of carbonyl (C=O) groups is 1. The third kappa shape index (κ3) is 9.30. The van der Waals surface area contributed by atoms with Crippen LogP contribution in [0.25, 0.3) is 127 Å². The van der Waals surface area contributed by atoms with Crippen molar-refractivity contribution in [2.24, 2.45) is 5.73 Å². The van der Waals surface area contributed by atoms with Crippen molar-refractivity contribution in [3.8, 4) is 55.9 Å². The topological polar surface area (TPSA) is 151 Å². The molecule has 85 heavy (non-hydrogen) atoms. The number of hydrogen-bond donors (Lipinski definition) is 2. The Labute approximate surface area is 477 Å². The predicted molar refractivity (Wildman–Crippen MR) is 320 cm³/mol. The van der Waals surface area contributed by atoms with Gasteiger partial charge in [0.05, 0.1) is 44.2 Å². The summed E-state index contributed by atoms with van der Waals surface area (Å²) in [6, 6.07) is 45.5. The molecule has 13 aromatic rings. The van der Waals surface area contributed by atoms with Gasteiger partial charge < -0.3 is 11.1 Å². The summed E-state index contributed by atoms with van der Waals surface area (Å²) in [5, 5.41) is 6.63. The number of carbonyl (C=O) groups excluding carboxylic acids is 1. The maximum Gasteiger partial charge on any atom is 0.417 e. The van der Waals surface area contributed by atoms with Crippen LogP contribution in [0.2, 0.25) is 0 Å². The maximum atomic E-state index is 15.3. The Balaban J connectivity index is 0.926. The summed E-state index contributed by atoms with van der Waals surface area (Å²) in [6.45, 7) is 0.982. The third-order valence-electron chi connectivity index (χ3n) is 15.8.